The fourth-order valence-electron chi connectivity index (χ4n) is 3.24. The lowest BCUT2D eigenvalue weighted by Crippen LogP contribution is -2.46. The molecule has 0 saturated heterocycles. The van der Waals surface area contributed by atoms with Crippen molar-refractivity contribution >= 4 is 29.3 Å². The molecule has 0 aliphatic carbocycles. The fourth-order valence-corrected chi connectivity index (χ4v) is 4.03. The molecule has 0 spiro atoms. The predicted octanol–water partition coefficient (Wildman–Crippen LogP) is 2.55. The molecule has 0 fully saturated rings. The van der Waals surface area contributed by atoms with Crippen LogP contribution < -0.4 is 20.1 Å². The number of nitrogens with one attached hydrogen (secondary N) is 2. The Bertz CT molecular complexity index is 1030. The van der Waals surface area contributed by atoms with Crippen molar-refractivity contribution in [1.82, 2.24) is 10.6 Å². The lowest BCUT2D eigenvalue weighted by Gasteiger charge is -2.28. The summed E-state index contributed by atoms with van der Waals surface area (Å²) in [5.41, 5.74) is 0.628. The third-order valence-electron chi connectivity index (χ3n) is 4.60. The molecule has 4 rings (SSSR count). The number of urea groups is 1. The third kappa shape index (κ3) is 4.48. The Morgan fingerprint density at radius 2 is 1.94 bits per heavy atom. The van der Waals surface area contributed by atoms with Gasteiger partial charge in [-0.05, 0) is 36.6 Å². The summed E-state index contributed by atoms with van der Waals surface area (Å²) in [5, 5.41) is 7.13. The van der Waals surface area contributed by atoms with Crippen LogP contribution in [0.1, 0.15) is 28.2 Å². The van der Waals surface area contributed by atoms with Gasteiger partial charge in [-0.3, -0.25) is 0 Å². The summed E-state index contributed by atoms with van der Waals surface area (Å²) >= 11 is 1.39. The van der Waals surface area contributed by atoms with Gasteiger partial charge in [0.05, 0.1) is 29.5 Å². The van der Waals surface area contributed by atoms with Crippen molar-refractivity contribution in [3.63, 3.8) is 0 Å². The minimum atomic E-state index is -0.698. The van der Waals surface area contributed by atoms with E-state index in [-0.39, 0.29) is 30.0 Å². The first-order chi connectivity index (χ1) is 15.1. The molecule has 2 N–H and O–H groups in total. The van der Waals surface area contributed by atoms with E-state index >= 15 is 0 Å². The Balaban J connectivity index is 1.57. The van der Waals surface area contributed by atoms with E-state index in [2.05, 4.69) is 10.6 Å². The molecule has 31 heavy (non-hydrogen) atoms. The van der Waals surface area contributed by atoms with Crippen LogP contribution in [-0.2, 0) is 14.3 Å². The second kappa shape index (κ2) is 9.09. The van der Waals surface area contributed by atoms with Crippen molar-refractivity contribution in [3.05, 3.63) is 57.4 Å². The van der Waals surface area contributed by atoms with Crippen molar-refractivity contribution in [2.75, 3.05) is 26.4 Å². The maximum absolute atomic E-state index is 12.7. The topological polar surface area (TPSA) is 112 Å². The maximum atomic E-state index is 12.7. The number of esters is 2. The molecule has 1 atom stereocenters. The summed E-state index contributed by atoms with van der Waals surface area (Å²) in [7, 11) is 0. The van der Waals surface area contributed by atoms with Gasteiger partial charge in [-0.25, -0.2) is 14.4 Å². The van der Waals surface area contributed by atoms with Gasteiger partial charge < -0.3 is 29.6 Å². The first kappa shape index (κ1) is 20.7. The Hall–Kier alpha value is -3.53. The van der Waals surface area contributed by atoms with Crippen LogP contribution in [-0.4, -0.2) is 44.4 Å². The van der Waals surface area contributed by atoms with Crippen LogP contribution in [0.25, 0.3) is 0 Å². The molecule has 1 aromatic carbocycles. The minimum absolute atomic E-state index is 0.164. The zero-order valence-corrected chi connectivity index (χ0v) is 17.5. The zero-order valence-electron chi connectivity index (χ0n) is 16.6. The van der Waals surface area contributed by atoms with E-state index in [1.807, 2.05) is 11.4 Å². The molecule has 2 aliphatic rings. The van der Waals surface area contributed by atoms with E-state index in [9.17, 15) is 14.4 Å². The number of carbonyl (C=O) groups is 3. The third-order valence-corrected chi connectivity index (χ3v) is 5.54. The molecule has 1 unspecified atom stereocenters. The largest absolute Gasteiger partial charge is 0.486 e. The minimum Gasteiger partial charge on any atom is -0.486 e. The smallest absolute Gasteiger partial charge is 0.338 e. The highest BCUT2D eigenvalue weighted by Crippen LogP contribution is 2.32. The molecule has 0 saturated carbocycles. The van der Waals surface area contributed by atoms with Crippen LogP contribution in [0.5, 0.6) is 11.5 Å². The number of amides is 2. The lowest BCUT2D eigenvalue weighted by molar-refractivity contribution is -0.139. The predicted molar refractivity (Wildman–Crippen MR) is 110 cm³/mol. The van der Waals surface area contributed by atoms with E-state index in [4.69, 9.17) is 18.9 Å². The summed E-state index contributed by atoms with van der Waals surface area (Å²) < 4.78 is 21.5. The monoisotopic (exact) mass is 444 g/mol. The number of fused-ring (bicyclic) bond motifs is 1. The van der Waals surface area contributed by atoms with E-state index < -0.39 is 24.0 Å². The van der Waals surface area contributed by atoms with Gasteiger partial charge in [0.25, 0.3) is 0 Å². The average Bonchev–Trinajstić information content (AvgIpc) is 3.31. The van der Waals surface area contributed by atoms with Crippen molar-refractivity contribution in [1.29, 1.82) is 0 Å². The molecule has 162 valence electrons. The summed E-state index contributed by atoms with van der Waals surface area (Å²) in [5.74, 6) is -0.216. The highest BCUT2D eigenvalue weighted by Gasteiger charge is 2.34. The van der Waals surface area contributed by atoms with Gasteiger partial charge in [0.2, 0.25) is 0 Å². The quantitative estimate of drug-likeness (QED) is 0.659. The Kier molecular flexibility index (Phi) is 6.08. The molecule has 2 aromatic rings. The number of benzene rings is 1. The molecular weight excluding hydrogens is 424 g/mol. The van der Waals surface area contributed by atoms with Crippen molar-refractivity contribution in [2.24, 2.45) is 0 Å². The molecule has 9 nitrogen and oxygen atoms in total. The van der Waals surface area contributed by atoms with Gasteiger partial charge >= 0.3 is 18.0 Å². The van der Waals surface area contributed by atoms with Crippen LogP contribution in [0.2, 0.25) is 0 Å². The van der Waals surface area contributed by atoms with Crippen LogP contribution >= 0.6 is 11.3 Å². The number of ether oxygens (including phenoxy) is 4. The maximum Gasteiger partial charge on any atom is 0.338 e. The van der Waals surface area contributed by atoms with E-state index in [0.717, 1.165) is 4.88 Å². The molecule has 2 aliphatic heterocycles. The lowest BCUT2D eigenvalue weighted by atomic mass is 10.0. The van der Waals surface area contributed by atoms with Crippen molar-refractivity contribution < 1.29 is 33.3 Å². The average molecular weight is 444 g/mol. The first-order valence-electron chi connectivity index (χ1n) is 9.64. The second-order valence-corrected chi connectivity index (χ2v) is 7.57. The molecule has 0 radical (unpaired) electrons. The first-order valence-corrected chi connectivity index (χ1v) is 10.5. The summed E-state index contributed by atoms with van der Waals surface area (Å²) in [6, 6.07) is 7.15. The molecule has 10 heteroatoms. The van der Waals surface area contributed by atoms with E-state index in [0.29, 0.717) is 24.7 Å². The van der Waals surface area contributed by atoms with E-state index in [1.54, 1.807) is 25.1 Å². The summed E-state index contributed by atoms with van der Waals surface area (Å²) in [6.45, 7) is 2.38. The van der Waals surface area contributed by atoms with Gasteiger partial charge in [0, 0.05) is 4.88 Å². The highest BCUT2D eigenvalue weighted by atomic mass is 32.1. The van der Waals surface area contributed by atoms with Gasteiger partial charge in [-0.15, -0.1) is 11.3 Å². The van der Waals surface area contributed by atoms with Gasteiger partial charge in [-0.1, -0.05) is 6.07 Å². The number of thiophene rings is 1. The number of carbonyl (C=O) groups excluding carboxylic acids is 3. The van der Waals surface area contributed by atoms with Crippen LogP contribution in [0.3, 0.4) is 0 Å². The van der Waals surface area contributed by atoms with Crippen LogP contribution in [0.4, 0.5) is 4.79 Å². The molecule has 1 aromatic heterocycles. The number of rotatable bonds is 6. The van der Waals surface area contributed by atoms with E-state index in [1.165, 1.54) is 17.4 Å². The SMILES string of the molecule is CCOC(=O)C1=C(COC(=O)c2ccc3c(c2)OCCO3)NC(=O)NC1c1cccs1. The zero-order chi connectivity index (χ0) is 21.8. The Morgan fingerprint density at radius 3 is 2.68 bits per heavy atom. The molecule has 0 bridgehead atoms. The number of hydrogen-bond acceptors (Lipinski definition) is 8. The fraction of sp³-hybridized carbons (Fsp3) is 0.286. The van der Waals surface area contributed by atoms with Crippen LogP contribution in [0, 0.1) is 0 Å². The van der Waals surface area contributed by atoms with Gasteiger partial charge in [-0.2, -0.15) is 0 Å². The molecule has 3 heterocycles. The van der Waals surface area contributed by atoms with Crippen molar-refractivity contribution in [2.45, 2.75) is 13.0 Å². The molecular formula is C21H20N2O7S. The standard InChI is InChI=1S/C21H20N2O7S/c1-2-27-20(25)17-13(22-21(26)23-18(17)16-4-3-9-31-16)11-30-19(24)12-5-6-14-15(10-12)29-8-7-28-14/h3-6,9-10,18H,2,7-8,11H2,1H3,(H2,22,23,26). The number of hydrogen-bond donors (Lipinski definition) is 2. The van der Waals surface area contributed by atoms with Gasteiger partial charge in [0.1, 0.15) is 19.8 Å². The second-order valence-electron chi connectivity index (χ2n) is 6.59. The Morgan fingerprint density at radius 1 is 1.13 bits per heavy atom. The Labute approximate surface area is 181 Å². The summed E-state index contributed by atoms with van der Waals surface area (Å²) in [6.07, 6.45) is 0. The highest BCUT2D eigenvalue weighted by molar-refractivity contribution is 7.10. The molecule has 2 amide bonds. The van der Waals surface area contributed by atoms with Crippen molar-refractivity contribution in [3.8, 4) is 11.5 Å². The normalized spacial score (nSPS) is 17.5. The van der Waals surface area contributed by atoms with Gasteiger partial charge in [0.15, 0.2) is 11.5 Å². The van der Waals surface area contributed by atoms with Crippen LogP contribution in [0.15, 0.2) is 47.0 Å². The summed E-state index contributed by atoms with van der Waals surface area (Å²) in [4.78, 5) is 38.2.